The van der Waals surface area contributed by atoms with Crippen LogP contribution in [0.4, 0.5) is 14.5 Å². The number of benzene rings is 2. The van der Waals surface area contributed by atoms with Crippen molar-refractivity contribution in [1.29, 1.82) is 0 Å². The number of nitrogens with one attached hydrogen (secondary N) is 1. The molecule has 132 valence electrons. The zero-order chi connectivity index (χ0) is 18.2. The van der Waals surface area contributed by atoms with Crippen molar-refractivity contribution in [3.8, 4) is 5.75 Å². The second-order valence-corrected chi connectivity index (χ2v) is 5.25. The Morgan fingerprint density at radius 2 is 1.88 bits per heavy atom. The second kappa shape index (κ2) is 8.77. The van der Waals surface area contributed by atoms with Crippen LogP contribution >= 0.6 is 0 Å². The predicted octanol–water partition coefficient (Wildman–Crippen LogP) is 3.22. The lowest BCUT2D eigenvalue weighted by Crippen LogP contribution is -2.21. The molecule has 0 unspecified atom stereocenters. The first-order valence-electron chi connectivity index (χ1n) is 7.54. The Bertz CT molecular complexity index is 764. The van der Waals surface area contributed by atoms with Gasteiger partial charge in [-0.2, -0.15) is 0 Å². The summed E-state index contributed by atoms with van der Waals surface area (Å²) >= 11 is 0. The summed E-state index contributed by atoms with van der Waals surface area (Å²) in [5.74, 6) is -2.71. The summed E-state index contributed by atoms with van der Waals surface area (Å²) in [6, 6.07) is 10.3. The van der Waals surface area contributed by atoms with Gasteiger partial charge in [-0.1, -0.05) is 12.1 Å². The minimum Gasteiger partial charge on any atom is -0.493 e. The molecule has 0 bridgehead atoms. The molecule has 0 saturated heterocycles. The highest BCUT2D eigenvalue weighted by Crippen LogP contribution is 2.13. The van der Waals surface area contributed by atoms with Crippen molar-refractivity contribution in [3.63, 3.8) is 0 Å². The molecule has 0 aromatic heterocycles. The number of amides is 1. The normalized spacial score (nSPS) is 10.2. The first kappa shape index (κ1) is 18.4. The molecule has 0 aliphatic carbocycles. The van der Waals surface area contributed by atoms with E-state index in [1.165, 1.54) is 6.07 Å². The number of esters is 1. The van der Waals surface area contributed by atoms with Crippen molar-refractivity contribution in [3.05, 3.63) is 59.7 Å². The van der Waals surface area contributed by atoms with Gasteiger partial charge in [-0.15, -0.1) is 0 Å². The predicted molar refractivity (Wildman–Crippen MR) is 87.2 cm³/mol. The number of carbonyl (C=O) groups is 2. The summed E-state index contributed by atoms with van der Waals surface area (Å²) in [4.78, 5) is 23.2. The number of aryl methyl sites for hydroxylation is 1. The zero-order valence-electron chi connectivity index (χ0n) is 13.6. The maximum atomic E-state index is 13.0. The van der Waals surface area contributed by atoms with Gasteiger partial charge in [0.2, 0.25) is 0 Å². The lowest BCUT2D eigenvalue weighted by atomic mass is 10.2. The number of carbonyl (C=O) groups excluding carboxylic acids is 2. The molecule has 0 saturated carbocycles. The van der Waals surface area contributed by atoms with Gasteiger partial charge in [0.1, 0.15) is 5.75 Å². The van der Waals surface area contributed by atoms with Gasteiger partial charge in [0.15, 0.2) is 18.2 Å². The van der Waals surface area contributed by atoms with Crippen LogP contribution in [0.1, 0.15) is 12.0 Å². The van der Waals surface area contributed by atoms with E-state index in [2.05, 4.69) is 5.32 Å². The molecule has 25 heavy (non-hydrogen) atoms. The van der Waals surface area contributed by atoms with Crippen LogP contribution in [0.2, 0.25) is 0 Å². The number of hydrogen-bond donors (Lipinski definition) is 1. The number of anilines is 1. The third-order valence-electron chi connectivity index (χ3n) is 3.13. The molecule has 7 heteroatoms. The molecule has 0 aliphatic rings. The Hall–Kier alpha value is -2.96. The molecular formula is C18H17F2NO4. The minimum absolute atomic E-state index is 0.0214. The topological polar surface area (TPSA) is 64.6 Å². The van der Waals surface area contributed by atoms with Crippen molar-refractivity contribution in [2.24, 2.45) is 0 Å². The fourth-order valence-electron chi connectivity index (χ4n) is 1.95. The van der Waals surface area contributed by atoms with Gasteiger partial charge >= 0.3 is 5.97 Å². The van der Waals surface area contributed by atoms with Crippen LogP contribution in [-0.2, 0) is 14.3 Å². The summed E-state index contributed by atoms with van der Waals surface area (Å²) in [7, 11) is 0. The molecule has 2 rings (SSSR count). The fourth-order valence-corrected chi connectivity index (χ4v) is 1.95. The summed E-state index contributed by atoms with van der Waals surface area (Å²) in [6.45, 7) is 1.52. The number of halogens is 2. The van der Waals surface area contributed by atoms with E-state index < -0.39 is 30.1 Å². The third-order valence-corrected chi connectivity index (χ3v) is 3.13. The first-order valence-corrected chi connectivity index (χ1v) is 7.54. The van der Waals surface area contributed by atoms with Crippen LogP contribution in [0.5, 0.6) is 5.75 Å². The number of hydrogen-bond acceptors (Lipinski definition) is 4. The van der Waals surface area contributed by atoms with Crippen LogP contribution in [0.25, 0.3) is 0 Å². The molecule has 0 atom stereocenters. The quantitative estimate of drug-likeness (QED) is 0.780. The average molecular weight is 349 g/mol. The van der Waals surface area contributed by atoms with Crippen molar-refractivity contribution in [1.82, 2.24) is 0 Å². The van der Waals surface area contributed by atoms with Gasteiger partial charge in [-0.3, -0.25) is 9.59 Å². The Balaban J connectivity index is 1.68. The van der Waals surface area contributed by atoms with E-state index in [-0.39, 0.29) is 18.7 Å². The highest BCUT2D eigenvalue weighted by Gasteiger charge is 2.10. The third kappa shape index (κ3) is 6.21. The Labute approximate surface area is 143 Å². The maximum absolute atomic E-state index is 13.0. The lowest BCUT2D eigenvalue weighted by Gasteiger charge is -2.08. The largest absolute Gasteiger partial charge is 0.493 e. The molecule has 0 fully saturated rings. The summed E-state index contributed by atoms with van der Waals surface area (Å²) in [6.07, 6.45) is -0.0214. The van der Waals surface area contributed by atoms with Crippen molar-refractivity contribution >= 4 is 17.6 Å². The smallest absolute Gasteiger partial charge is 0.309 e. The van der Waals surface area contributed by atoms with Crippen molar-refractivity contribution in [2.75, 3.05) is 18.5 Å². The van der Waals surface area contributed by atoms with Gasteiger partial charge in [0.25, 0.3) is 5.91 Å². The van der Waals surface area contributed by atoms with Crippen LogP contribution in [0, 0.1) is 18.6 Å². The monoisotopic (exact) mass is 349 g/mol. The van der Waals surface area contributed by atoms with Crippen LogP contribution in [0.15, 0.2) is 42.5 Å². The molecule has 0 spiro atoms. The van der Waals surface area contributed by atoms with Crippen LogP contribution < -0.4 is 10.1 Å². The molecule has 0 aliphatic heterocycles. The summed E-state index contributed by atoms with van der Waals surface area (Å²) in [5.41, 5.74) is 1.11. The first-order chi connectivity index (χ1) is 11.9. The van der Waals surface area contributed by atoms with Gasteiger partial charge in [-0.05, 0) is 36.8 Å². The standard InChI is InChI=1S/C18H17F2NO4/c1-12-3-2-4-14(9-12)24-8-7-18(23)25-11-17(22)21-13-5-6-15(19)16(20)10-13/h2-6,9-10H,7-8,11H2,1H3,(H,21,22). The molecular weight excluding hydrogens is 332 g/mol. The van der Waals surface area contributed by atoms with Gasteiger partial charge in [0, 0.05) is 11.8 Å². The Kier molecular flexibility index (Phi) is 6.45. The maximum Gasteiger partial charge on any atom is 0.309 e. The van der Waals surface area contributed by atoms with Gasteiger partial charge in [-0.25, -0.2) is 8.78 Å². The highest BCUT2D eigenvalue weighted by atomic mass is 19.2. The van der Waals surface area contributed by atoms with E-state index in [4.69, 9.17) is 9.47 Å². The minimum atomic E-state index is -1.08. The fraction of sp³-hybridized carbons (Fsp3) is 0.222. The van der Waals surface area contributed by atoms with E-state index in [9.17, 15) is 18.4 Å². The average Bonchev–Trinajstić information content (AvgIpc) is 2.56. The zero-order valence-corrected chi connectivity index (χ0v) is 13.6. The second-order valence-electron chi connectivity index (χ2n) is 5.25. The molecule has 1 N–H and O–H groups in total. The van der Waals surface area contributed by atoms with E-state index >= 15 is 0 Å². The van der Waals surface area contributed by atoms with E-state index in [1.54, 1.807) is 6.07 Å². The van der Waals surface area contributed by atoms with E-state index in [1.807, 2.05) is 25.1 Å². The summed E-state index contributed by atoms with van der Waals surface area (Å²) < 4.78 is 36.0. The molecule has 2 aromatic carbocycles. The van der Waals surface area contributed by atoms with Gasteiger partial charge < -0.3 is 14.8 Å². The SMILES string of the molecule is Cc1cccc(OCCC(=O)OCC(=O)Nc2ccc(F)c(F)c2)c1. The molecule has 2 aromatic rings. The highest BCUT2D eigenvalue weighted by molar-refractivity contribution is 5.92. The van der Waals surface area contributed by atoms with Crippen LogP contribution in [0.3, 0.4) is 0 Å². The molecule has 5 nitrogen and oxygen atoms in total. The number of rotatable bonds is 7. The van der Waals surface area contributed by atoms with Gasteiger partial charge in [0.05, 0.1) is 13.0 Å². The molecule has 0 heterocycles. The van der Waals surface area contributed by atoms with E-state index in [0.29, 0.717) is 5.75 Å². The van der Waals surface area contributed by atoms with Crippen molar-refractivity contribution in [2.45, 2.75) is 13.3 Å². The van der Waals surface area contributed by atoms with E-state index in [0.717, 1.165) is 17.7 Å². The van der Waals surface area contributed by atoms with Crippen LogP contribution in [-0.4, -0.2) is 25.1 Å². The molecule has 1 amide bonds. The Morgan fingerprint density at radius 1 is 1.08 bits per heavy atom. The lowest BCUT2D eigenvalue weighted by molar-refractivity contribution is -0.147. The molecule has 0 radical (unpaired) electrons. The Morgan fingerprint density at radius 3 is 2.60 bits per heavy atom. The van der Waals surface area contributed by atoms with Crippen molar-refractivity contribution < 1.29 is 27.8 Å². The number of ether oxygens (including phenoxy) is 2. The summed E-state index contributed by atoms with van der Waals surface area (Å²) in [5, 5.41) is 2.30.